The van der Waals surface area contributed by atoms with Crippen LogP contribution in [-0.2, 0) is 0 Å². The van der Waals surface area contributed by atoms with Gasteiger partial charge in [0.15, 0.2) is 0 Å². The fourth-order valence-electron chi connectivity index (χ4n) is 2.29. The number of hydrogen-bond acceptors (Lipinski definition) is 4. The SMILES string of the molecule is CC[C@H](C)NC(=O)c1cccc(-c2nc(-c3cccc(F)c3)no2)c1. The Morgan fingerprint density at radius 3 is 2.72 bits per heavy atom. The van der Waals surface area contributed by atoms with Crippen LogP contribution in [0.3, 0.4) is 0 Å². The summed E-state index contributed by atoms with van der Waals surface area (Å²) in [6.07, 6.45) is 0.853. The molecule has 1 N–H and O–H groups in total. The molecule has 1 aromatic heterocycles. The quantitative estimate of drug-likeness (QED) is 0.761. The molecule has 0 fully saturated rings. The third-order valence-corrected chi connectivity index (χ3v) is 3.87. The first-order valence-electron chi connectivity index (χ1n) is 8.07. The van der Waals surface area contributed by atoms with Crippen molar-refractivity contribution in [2.75, 3.05) is 0 Å². The van der Waals surface area contributed by atoms with Gasteiger partial charge in [-0.3, -0.25) is 4.79 Å². The Bertz CT molecular complexity index is 892. The number of benzene rings is 2. The van der Waals surface area contributed by atoms with Crippen molar-refractivity contribution in [3.63, 3.8) is 0 Å². The summed E-state index contributed by atoms with van der Waals surface area (Å²) in [7, 11) is 0. The molecular weight excluding hydrogens is 321 g/mol. The zero-order valence-corrected chi connectivity index (χ0v) is 14.0. The largest absolute Gasteiger partial charge is 0.350 e. The Labute approximate surface area is 144 Å². The van der Waals surface area contributed by atoms with E-state index in [4.69, 9.17) is 4.52 Å². The van der Waals surface area contributed by atoms with Crippen molar-refractivity contribution in [1.29, 1.82) is 0 Å². The third-order valence-electron chi connectivity index (χ3n) is 3.87. The number of nitrogens with zero attached hydrogens (tertiary/aromatic N) is 2. The van der Waals surface area contributed by atoms with Crippen LogP contribution in [0.4, 0.5) is 4.39 Å². The van der Waals surface area contributed by atoms with E-state index in [-0.39, 0.29) is 23.7 Å². The molecule has 3 rings (SSSR count). The van der Waals surface area contributed by atoms with Crippen LogP contribution in [0.5, 0.6) is 0 Å². The molecule has 0 aliphatic rings. The topological polar surface area (TPSA) is 68.0 Å². The number of aromatic nitrogens is 2. The third kappa shape index (κ3) is 3.91. The maximum Gasteiger partial charge on any atom is 0.258 e. The van der Waals surface area contributed by atoms with E-state index in [1.54, 1.807) is 36.4 Å². The minimum atomic E-state index is -0.368. The zero-order chi connectivity index (χ0) is 17.8. The van der Waals surface area contributed by atoms with E-state index in [0.29, 0.717) is 22.5 Å². The second-order valence-corrected chi connectivity index (χ2v) is 5.80. The Kier molecular flexibility index (Phi) is 4.88. The predicted molar refractivity (Wildman–Crippen MR) is 92.3 cm³/mol. The first-order valence-corrected chi connectivity index (χ1v) is 8.07. The molecule has 0 aliphatic carbocycles. The van der Waals surface area contributed by atoms with Crippen molar-refractivity contribution in [3.8, 4) is 22.8 Å². The van der Waals surface area contributed by atoms with Gasteiger partial charge in [-0.2, -0.15) is 4.98 Å². The summed E-state index contributed by atoms with van der Waals surface area (Å²) in [5.41, 5.74) is 1.68. The lowest BCUT2D eigenvalue weighted by molar-refractivity contribution is 0.0939. The van der Waals surface area contributed by atoms with Gasteiger partial charge in [0.1, 0.15) is 5.82 Å². The van der Waals surface area contributed by atoms with Crippen LogP contribution >= 0.6 is 0 Å². The number of carbonyl (C=O) groups excluding carboxylic acids is 1. The van der Waals surface area contributed by atoms with Crippen LogP contribution in [0.2, 0.25) is 0 Å². The molecule has 0 saturated heterocycles. The smallest absolute Gasteiger partial charge is 0.258 e. The molecule has 0 unspecified atom stereocenters. The van der Waals surface area contributed by atoms with Crippen molar-refractivity contribution in [2.24, 2.45) is 0 Å². The Morgan fingerprint density at radius 2 is 1.96 bits per heavy atom. The molecule has 1 heterocycles. The van der Waals surface area contributed by atoms with Crippen LogP contribution < -0.4 is 5.32 Å². The number of nitrogens with one attached hydrogen (secondary N) is 1. The van der Waals surface area contributed by atoms with E-state index in [2.05, 4.69) is 15.5 Å². The summed E-state index contributed by atoms with van der Waals surface area (Å²) in [5, 5.41) is 6.80. The van der Waals surface area contributed by atoms with Gasteiger partial charge in [0.25, 0.3) is 11.8 Å². The lowest BCUT2D eigenvalue weighted by Gasteiger charge is -2.11. The highest BCUT2D eigenvalue weighted by Gasteiger charge is 2.14. The number of halogens is 1. The predicted octanol–water partition coefficient (Wildman–Crippen LogP) is 4.07. The molecule has 0 spiro atoms. The zero-order valence-electron chi connectivity index (χ0n) is 14.0. The summed E-state index contributed by atoms with van der Waals surface area (Å²) in [6, 6.07) is 13.0. The van der Waals surface area contributed by atoms with Gasteiger partial charge in [0.2, 0.25) is 5.82 Å². The first-order chi connectivity index (χ1) is 12.1. The number of rotatable bonds is 5. The van der Waals surface area contributed by atoms with Gasteiger partial charge in [-0.1, -0.05) is 30.3 Å². The average molecular weight is 339 g/mol. The summed E-state index contributed by atoms with van der Waals surface area (Å²) in [4.78, 5) is 16.5. The highest BCUT2D eigenvalue weighted by atomic mass is 19.1. The Balaban J connectivity index is 1.86. The molecule has 0 radical (unpaired) electrons. The number of amides is 1. The van der Waals surface area contributed by atoms with E-state index in [1.165, 1.54) is 12.1 Å². The first kappa shape index (κ1) is 16.8. The lowest BCUT2D eigenvalue weighted by atomic mass is 10.1. The van der Waals surface area contributed by atoms with E-state index in [0.717, 1.165) is 6.42 Å². The summed E-state index contributed by atoms with van der Waals surface area (Å²) < 4.78 is 18.6. The Morgan fingerprint density at radius 1 is 1.20 bits per heavy atom. The van der Waals surface area contributed by atoms with Gasteiger partial charge in [0.05, 0.1) is 0 Å². The molecule has 25 heavy (non-hydrogen) atoms. The molecule has 6 heteroatoms. The van der Waals surface area contributed by atoms with Crippen LogP contribution in [0.1, 0.15) is 30.6 Å². The highest BCUT2D eigenvalue weighted by molar-refractivity contribution is 5.95. The summed E-state index contributed by atoms with van der Waals surface area (Å²) >= 11 is 0. The van der Waals surface area contributed by atoms with Crippen molar-refractivity contribution >= 4 is 5.91 Å². The second-order valence-electron chi connectivity index (χ2n) is 5.80. The number of carbonyl (C=O) groups is 1. The highest BCUT2D eigenvalue weighted by Crippen LogP contribution is 2.23. The van der Waals surface area contributed by atoms with Crippen LogP contribution in [-0.4, -0.2) is 22.1 Å². The summed E-state index contributed by atoms with van der Waals surface area (Å²) in [5.74, 6) is 0.0510. The second kappa shape index (κ2) is 7.25. The van der Waals surface area contributed by atoms with Crippen molar-refractivity contribution in [1.82, 2.24) is 15.5 Å². The van der Waals surface area contributed by atoms with Crippen LogP contribution in [0, 0.1) is 5.82 Å². The fourth-order valence-corrected chi connectivity index (χ4v) is 2.29. The standard InChI is InChI=1S/C19H18FN3O2/c1-3-12(2)21-18(24)14-7-4-8-15(10-14)19-22-17(23-25-19)13-6-5-9-16(20)11-13/h4-12H,3H2,1-2H3,(H,21,24)/t12-/m0/s1. The number of hydrogen-bond donors (Lipinski definition) is 1. The van der Waals surface area contributed by atoms with Crippen molar-refractivity contribution in [3.05, 3.63) is 59.9 Å². The van der Waals surface area contributed by atoms with Gasteiger partial charge in [-0.25, -0.2) is 4.39 Å². The maximum atomic E-state index is 13.3. The minimum Gasteiger partial charge on any atom is -0.350 e. The molecule has 2 aromatic carbocycles. The van der Waals surface area contributed by atoms with Crippen molar-refractivity contribution < 1.29 is 13.7 Å². The summed E-state index contributed by atoms with van der Waals surface area (Å²) in [6.45, 7) is 3.96. The van der Waals surface area contributed by atoms with E-state index in [1.807, 2.05) is 13.8 Å². The van der Waals surface area contributed by atoms with E-state index in [9.17, 15) is 9.18 Å². The van der Waals surface area contributed by atoms with Gasteiger partial charge >= 0.3 is 0 Å². The molecular formula is C19H18FN3O2. The molecule has 0 aliphatic heterocycles. The molecule has 5 nitrogen and oxygen atoms in total. The molecule has 3 aromatic rings. The van der Waals surface area contributed by atoms with Crippen LogP contribution in [0.15, 0.2) is 53.1 Å². The monoisotopic (exact) mass is 339 g/mol. The van der Waals surface area contributed by atoms with Gasteiger partial charge in [-0.05, 0) is 43.7 Å². The lowest BCUT2D eigenvalue weighted by Crippen LogP contribution is -2.31. The molecule has 0 bridgehead atoms. The minimum absolute atomic E-state index is 0.0964. The van der Waals surface area contributed by atoms with Gasteiger partial charge < -0.3 is 9.84 Å². The molecule has 128 valence electrons. The van der Waals surface area contributed by atoms with Gasteiger partial charge in [0, 0.05) is 22.7 Å². The van der Waals surface area contributed by atoms with E-state index >= 15 is 0 Å². The van der Waals surface area contributed by atoms with Crippen molar-refractivity contribution in [2.45, 2.75) is 26.3 Å². The van der Waals surface area contributed by atoms with Gasteiger partial charge in [-0.15, -0.1) is 0 Å². The van der Waals surface area contributed by atoms with Crippen LogP contribution in [0.25, 0.3) is 22.8 Å². The normalized spacial score (nSPS) is 12.0. The fraction of sp³-hybridized carbons (Fsp3) is 0.211. The van der Waals surface area contributed by atoms with E-state index < -0.39 is 0 Å². The molecule has 1 amide bonds. The average Bonchev–Trinajstić information content (AvgIpc) is 3.12. The maximum absolute atomic E-state index is 13.3. The Hall–Kier alpha value is -3.02. The molecule has 0 saturated carbocycles. The molecule has 1 atom stereocenters.